The number of esters is 1. The SMILES string of the molecule is CC.CN(CC(=O)CCC(c1ccccc1)C(C=O)CC(=O)OC(C)(C)C)c1nc(C2=C(Cl)CCC=C2)cs1. The molecule has 1 aliphatic rings. The Morgan fingerprint density at radius 2 is 1.90 bits per heavy atom. The fourth-order valence-electron chi connectivity index (χ4n) is 4.34. The number of rotatable bonds is 12. The van der Waals surface area contributed by atoms with E-state index < -0.39 is 17.5 Å². The predicted octanol–water partition coefficient (Wildman–Crippen LogP) is 7.59. The van der Waals surface area contributed by atoms with Crippen molar-refractivity contribution in [2.45, 2.75) is 78.2 Å². The van der Waals surface area contributed by atoms with Gasteiger partial charge in [-0.15, -0.1) is 11.3 Å². The molecule has 0 amide bonds. The van der Waals surface area contributed by atoms with Crippen molar-refractivity contribution in [3.8, 4) is 0 Å². The molecule has 1 heterocycles. The highest BCUT2D eigenvalue weighted by Gasteiger charge is 2.28. The van der Waals surface area contributed by atoms with Gasteiger partial charge in [0.25, 0.3) is 0 Å². The van der Waals surface area contributed by atoms with E-state index >= 15 is 0 Å². The first kappa shape index (κ1) is 32.4. The van der Waals surface area contributed by atoms with E-state index in [0.717, 1.165) is 46.1 Å². The molecule has 0 spiro atoms. The van der Waals surface area contributed by atoms with Crippen molar-refractivity contribution in [1.82, 2.24) is 4.98 Å². The molecule has 1 aliphatic carbocycles. The van der Waals surface area contributed by atoms with Gasteiger partial charge in [-0.05, 0) is 51.5 Å². The third-order valence-corrected chi connectivity index (χ3v) is 7.44. The number of anilines is 1. The maximum Gasteiger partial charge on any atom is 0.307 e. The number of hydrogen-bond acceptors (Lipinski definition) is 7. The number of carbonyl (C=O) groups excluding carboxylic acids is 3. The van der Waals surface area contributed by atoms with E-state index in [1.54, 1.807) is 20.8 Å². The van der Waals surface area contributed by atoms with Crippen molar-refractivity contribution in [2.24, 2.45) is 5.92 Å². The lowest BCUT2D eigenvalue weighted by Gasteiger charge is -2.25. The van der Waals surface area contributed by atoms with Crippen molar-refractivity contribution in [2.75, 3.05) is 18.5 Å². The summed E-state index contributed by atoms with van der Waals surface area (Å²) in [5, 5.41) is 3.51. The second-order valence-electron chi connectivity index (χ2n) is 10.3. The molecule has 1 aromatic carbocycles. The summed E-state index contributed by atoms with van der Waals surface area (Å²) in [6.07, 6.45) is 7.36. The zero-order chi connectivity index (χ0) is 29.0. The summed E-state index contributed by atoms with van der Waals surface area (Å²) in [7, 11) is 1.85. The van der Waals surface area contributed by atoms with E-state index in [9.17, 15) is 14.4 Å². The standard InChI is InChI=1S/C29H35ClN2O4S.C2H6/c1-29(2,3)36-27(35)16-21(18-33)23(20-10-6-5-7-11-20)15-14-22(34)17-32(4)28-31-26(19-37-28)24-12-8-9-13-25(24)30;1-2/h5-8,10-12,18-19,21,23H,9,13-17H2,1-4H3;1-2H3. The molecular formula is C31H41ClN2O4S. The van der Waals surface area contributed by atoms with Gasteiger partial charge in [0, 0.05) is 35.4 Å². The Bertz CT molecular complexity index is 1150. The van der Waals surface area contributed by atoms with E-state index in [0.29, 0.717) is 6.42 Å². The number of nitrogens with zero attached hydrogens (tertiary/aromatic N) is 2. The molecule has 2 aromatic rings. The molecule has 0 fully saturated rings. The number of ether oxygens (including phenoxy) is 1. The zero-order valence-corrected chi connectivity index (χ0v) is 25.5. The molecule has 0 saturated carbocycles. The van der Waals surface area contributed by atoms with Crippen LogP contribution < -0.4 is 4.90 Å². The summed E-state index contributed by atoms with van der Waals surface area (Å²) in [4.78, 5) is 44.0. The van der Waals surface area contributed by atoms with Gasteiger partial charge in [-0.1, -0.05) is 67.9 Å². The van der Waals surface area contributed by atoms with Gasteiger partial charge < -0.3 is 14.4 Å². The molecule has 0 aliphatic heterocycles. The van der Waals surface area contributed by atoms with Gasteiger partial charge >= 0.3 is 5.97 Å². The third-order valence-electron chi connectivity index (χ3n) is 6.09. The highest BCUT2D eigenvalue weighted by molar-refractivity contribution is 7.13. The summed E-state index contributed by atoms with van der Waals surface area (Å²) in [5.41, 5.74) is 2.06. The number of aldehydes is 1. The van der Waals surface area contributed by atoms with Gasteiger partial charge in [0.15, 0.2) is 10.9 Å². The number of benzene rings is 1. The predicted molar refractivity (Wildman–Crippen MR) is 161 cm³/mol. The lowest BCUT2D eigenvalue weighted by Crippen LogP contribution is -2.28. The maximum atomic E-state index is 13.0. The summed E-state index contributed by atoms with van der Waals surface area (Å²) in [6, 6.07) is 9.57. The van der Waals surface area contributed by atoms with Crippen LogP contribution in [0.4, 0.5) is 5.13 Å². The second-order valence-corrected chi connectivity index (χ2v) is 11.6. The topological polar surface area (TPSA) is 76.6 Å². The highest BCUT2D eigenvalue weighted by atomic mass is 35.5. The number of Topliss-reactive ketones (excluding diaryl/α,β-unsaturated/α-hetero) is 1. The lowest BCUT2D eigenvalue weighted by molar-refractivity contribution is -0.156. The number of halogens is 1. The van der Waals surface area contributed by atoms with Gasteiger partial charge in [0.05, 0.1) is 18.7 Å². The van der Waals surface area contributed by atoms with Crippen LogP contribution in [0.1, 0.15) is 83.9 Å². The Morgan fingerprint density at radius 3 is 2.51 bits per heavy atom. The maximum absolute atomic E-state index is 13.0. The Balaban J connectivity index is 0.00000260. The van der Waals surface area contributed by atoms with Gasteiger partial charge in [-0.2, -0.15) is 0 Å². The highest BCUT2D eigenvalue weighted by Crippen LogP contribution is 2.34. The van der Waals surface area contributed by atoms with Gasteiger partial charge in [-0.25, -0.2) is 4.98 Å². The number of likely N-dealkylation sites (N-methyl/N-ethyl adjacent to an activating group) is 1. The zero-order valence-electron chi connectivity index (χ0n) is 23.9. The molecular weight excluding hydrogens is 532 g/mol. The van der Waals surface area contributed by atoms with Crippen molar-refractivity contribution < 1.29 is 19.1 Å². The van der Waals surface area contributed by atoms with Crippen molar-refractivity contribution in [3.05, 3.63) is 64.2 Å². The molecule has 0 radical (unpaired) electrons. The van der Waals surface area contributed by atoms with Crippen LogP contribution in [0.25, 0.3) is 5.57 Å². The van der Waals surface area contributed by atoms with Crippen LogP contribution in [0.3, 0.4) is 0 Å². The van der Waals surface area contributed by atoms with E-state index in [4.69, 9.17) is 16.3 Å². The average Bonchev–Trinajstić information content (AvgIpc) is 3.39. The molecule has 1 aromatic heterocycles. The van der Waals surface area contributed by atoms with E-state index in [-0.39, 0.29) is 31.1 Å². The van der Waals surface area contributed by atoms with Crippen LogP contribution in [0.15, 0.2) is 52.9 Å². The summed E-state index contributed by atoms with van der Waals surface area (Å²) in [5.74, 6) is -1.22. The van der Waals surface area contributed by atoms with E-state index in [1.165, 1.54) is 11.3 Å². The summed E-state index contributed by atoms with van der Waals surface area (Å²) in [6.45, 7) is 9.60. The van der Waals surface area contributed by atoms with Gasteiger partial charge in [0.1, 0.15) is 11.9 Å². The number of hydrogen-bond donors (Lipinski definition) is 0. The first-order chi connectivity index (χ1) is 18.6. The number of allylic oxidation sites excluding steroid dienone is 4. The molecule has 2 atom stereocenters. The molecule has 3 rings (SSSR count). The number of aromatic nitrogens is 1. The van der Waals surface area contributed by atoms with Crippen molar-refractivity contribution in [3.63, 3.8) is 0 Å². The quantitative estimate of drug-likeness (QED) is 0.193. The number of thiazole rings is 1. The minimum atomic E-state index is -0.627. The molecule has 2 unspecified atom stereocenters. The van der Waals surface area contributed by atoms with Gasteiger partial charge in [0.2, 0.25) is 0 Å². The van der Waals surface area contributed by atoms with Crippen LogP contribution >= 0.6 is 22.9 Å². The molecule has 0 saturated heterocycles. The Labute approximate surface area is 242 Å². The Kier molecular flexibility index (Phi) is 13.1. The molecule has 0 bridgehead atoms. The second kappa shape index (κ2) is 15.7. The van der Waals surface area contributed by atoms with E-state index in [1.807, 2.05) is 67.6 Å². The molecule has 212 valence electrons. The Hall–Kier alpha value is -2.77. The van der Waals surface area contributed by atoms with E-state index in [2.05, 4.69) is 11.1 Å². The molecule has 0 N–H and O–H groups in total. The lowest BCUT2D eigenvalue weighted by atomic mass is 9.81. The minimum Gasteiger partial charge on any atom is -0.460 e. The smallest absolute Gasteiger partial charge is 0.307 e. The van der Waals surface area contributed by atoms with Crippen LogP contribution in [0, 0.1) is 5.92 Å². The number of ketones is 1. The Morgan fingerprint density at radius 1 is 1.21 bits per heavy atom. The van der Waals surface area contributed by atoms with Crippen LogP contribution in [0.5, 0.6) is 0 Å². The van der Waals surface area contributed by atoms with Crippen molar-refractivity contribution in [1.29, 1.82) is 0 Å². The first-order valence-corrected chi connectivity index (χ1v) is 14.8. The fourth-order valence-corrected chi connectivity index (χ4v) is 5.40. The third kappa shape index (κ3) is 10.4. The molecule has 6 nitrogen and oxygen atoms in total. The fraction of sp³-hybridized carbons (Fsp3) is 0.484. The largest absolute Gasteiger partial charge is 0.460 e. The van der Waals surface area contributed by atoms with Crippen LogP contribution in [-0.2, 0) is 19.1 Å². The first-order valence-electron chi connectivity index (χ1n) is 13.5. The summed E-state index contributed by atoms with van der Waals surface area (Å²) >= 11 is 7.86. The average molecular weight is 573 g/mol. The number of carbonyl (C=O) groups is 3. The minimum absolute atomic E-state index is 0.0246. The molecule has 39 heavy (non-hydrogen) atoms. The van der Waals surface area contributed by atoms with Gasteiger partial charge in [-0.3, -0.25) is 9.59 Å². The summed E-state index contributed by atoms with van der Waals surface area (Å²) < 4.78 is 5.44. The van der Waals surface area contributed by atoms with Crippen molar-refractivity contribution >= 4 is 51.7 Å². The molecule has 8 heteroatoms. The normalized spacial score (nSPS) is 14.6. The monoisotopic (exact) mass is 572 g/mol. The van der Waals surface area contributed by atoms with Crippen LogP contribution in [-0.4, -0.2) is 42.2 Å². The van der Waals surface area contributed by atoms with Crippen LogP contribution in [0.2, 0.25) is 0 Å².